The van der Waals surface area contributed by atoms with Crippen molar-refractivity contribution in [1.29, 1.82) is 0 Å². The molecule has 2 N–H and O–H groups in total. The van der Waals surface area contributed by atoms with Crippen LogP contribution in [0.15, 0.2) is 42.5 Å². The number of hydrogen-bond donors (Lipinski definition) is 2. The normalized spacial score (nSPS) is 11.3. The molecule has 2 aromatic carbocycles. The molecule has 0 aliphatic carbocycles. The van der Waals surface area contributed by atoms with E-state index in [1.807, 2.05) is 19.1 Å². The minimum Gasteiger partial charge on any atom is -0.508 e. The van der Waals surface area contributed by atoms with E-state index < -0.39 is 0 Å². The summed E-state index contributed by atoms with van der Waals surface area (Å²) in [5, 5.41) is 19.5. The largest absolute Gasteiger partial charge is 0.508 e. The van der Waals surface area contributed by atoms with Crippen molar-refractivity contribution < 1.29 is 10.2 Å². The third kappa shape index (κ3) is 4.65. The van der Waals surface area contributed by atoms with Gasteiger partial charge in [0.1, 0.15) is 9.57 Å². The number of likely N-dealkylation sites (N-methyl/N-ethyl adjacent to an activating group) is 1. The lowest BCUT2D eigenvalue weighted by molar-refractivity contribution is 0.195. The zero-order chi connectivity index (χ0) is 19.4. The average molecular weight is 418 g/mol. The number of aromatic hydroxyl groups is 1. The van der Waals surface area contributed by atoms with Gasteiger partial charge in [-0.1, -0.05) is 75.7 Å². The predicted octanol–water partition coefficient (Wildman–Crippen LogP) is 5.70. The van der Waals surface area contributed by atoms with E-state index in [4.69, 9.17) is 12.2 Å². The maximum absolute atomic E-state index is 10.3. The van der Waals surface area contributed by atoms with Crippen LogP contribution in [0.5, 0.6) is 5.75 Å². The zero-order valence-electron chi connectivity index (χ0n) is 15.4. The number of nitrogens with zero attached hydrogens (tertiary/aromatic N) is 1. The van der Waals surface area contributed by atoms with E-state index in [-0.39, 0.29) is 12.4 Å². The highest BCUT2D eigenvalue weighted by Gasteiger charge is 2.15. The molecule has 0 aliphatic heterocycles. The van der Waals surface area contributed by atoms with Crippen LogP contribution in [0.1, 0.15) is 18.1 Å². The van der Waals surface area contributed by atoms with Gasteiger partial charge in [-0.15, -0.1) is 0 Å². The molecule has 0 amide bonds. The molecule has 6 heteroatoms. The van der Waals surface area contributed by atoms with Crippen molar-refractivity contribution >= 4 is 32.9 Å². The summed E-state index contributed by atoms with van der Waals surface area (Å²) >= 11 is 5.63. The number of rotatable bonds is 7. The Bertz CT molecular complexity index is 960. The van der Waals surface area contributed by atoms with Crippen LogP contribution in [0.4, 0.5) is 0 Å². The van der Waals surface area contributed by atoms with E-state index in [9.17, 15) is 10.2 Å². The first-order valence-electron chi connectivity index (χ1n) is 8.89. The fraction of sp³-hybridized carbons (Fsp3) is 0.286. The van der Waals surface area contributed by atoms with Crippen LogP contribution in [0.3, 0.4) is 0 Å². The number of phenols is 1. The number of benzene rings is 2. The first-order chi connectivity index (χ1) is 13.0. The highest BCUT2D eigenvalue weighted by atomic mass is 32.9. The lowest BCUT2D eigenvalue weighted by atomic mass is 10.0. The Kier molecular flexibility index (Phi) is 6.78. The fourth-order valence-electron chi connectivity index (χ4n) is 3.00. The highest BCUT2D eigenvalue weighted by molar-refractivity contribution is 7.80. The molecule has 0 saturated carbocycles. The van der Waals surface area contributed by atoms with Crippen molar-refractivity contribution in [2.75, 3.05) is 19.7 Å². The van der Waals surface area contributed by atoms with Gasteiger partial charge in [0.2, 0.25) is 0 Å². The smallest absolute Gasteiger partial charge is 0.120 e. The van der Waals surface area contributed by atoms with Crippen LogP contribution < -0.4 is 0 Å². The quantitative estimate of drug-likeness (QED) is 0.382. The summed E-state index contributed by atoms with van der Waals surface area (Å²) in [6.45, 7) is 6.23. The second-order valence-electron chi connectivity index (χ2n) is 6.46. The topological polar surface area (TPSA) is 43.7 Å². The monoisotopic (exact) mass is 417 g/mol. The molecule has 0 bridgehead atoms. The Hall–Kier alpha value is -1.57. The zero-order valence-corrected chi connectivity index (χ0v) is 17.9. The summed E-state index contributed by atoms with van der Waals surface area (Å²) in [4.78, 5) is 3.27. The Morgan fingerprint density at radius 2 is 1.74 bits per heavy atom. The molecule has 142 valence electrons. The molecule has 0 unspecified atom stereocenters. The SMILES string of the molecule is CCN(CCO)Cc1cc(-c2c(-c3ccc(C)cc3)ssc2=S)ccc1O. The molecule has 3 aromatic rings. The lowest BCUT2D eigenvalue weighted by Gasteiger charge is -2.20. The third-order valence-electron chi connectivity index (χ3n) is 4.57. The van der Waals surface area contributed by atoms with Crippen LogP contribution in [0, 0.1) is 10.7 Å². The highest BCUT2D eigenvalue weighted by Crippen LogP contribution is 2.42. The Morgan fingerprint density at radius 3 is 2.41 bits per heavy atom. The van der Waals surface area contributed by atoms with Crippen molar-refractivity contribution in [1.82, 2.24) is 4.90 Å². The van der Waals surface area contributed by atoms with Gasteiger partial charge in [-0.05, 0) is 36.7 Å². The van der Waals surface area contributed by atoms with Crippen LogP contribution in [-0.4, -0.2) is 34.8 Å². The number of phenolic OH excluding ortho intramolecular Hbond substituents is 1. The van der Waals surface area contributed by atoms with Crippen molar-refractivity contribution in [3.63, 3.8) is 0 Å². The molecular weight excluding hydrogens is 394 g/mol. The second kappa shape index (κ2) is 9.08. The molecule has 3 rings (SSSR count). The molecule has 0 spiro atoms. The molecule has 1 aromatic heterocycles. The summed E-state index contributed by atoms with van der Waals surface area (Å²) in [5.41, 5.74) is 5.34. The first-order valence-corrected chi connectivity index (χ1v) is 11.4. The lowest BCUT2D eigenvalue weighted by Crippen LogP contribution is -2.26. The summed E-state index contributed by atoms with van der Waals surface area (Å²) in [7, 11) is 3.31. The van der Waals surface area contributed by atoms with Gasteiger partial charge in [-0.2, -0.15) is 0 Å². The second-order valence-corrected chi connectivity index (χ2v) is 9.28. The molecule has 0 radical (unpaired) electrons. The van der Waals surface area contributed by atoms with Crippen LogP contribution >= 0.6 is 32.9 Å². The molecule has 0 aliphatic rings. The van der Waals surface area contributed by atoms with Gasteiger partial charge < -0.3 is 10.2 Å². The number of hydrogen-bond acceptors (Lipinski definition) is 6. The number of aliphatic hydroxyl groups is 1. The minimum absolute atomic E-state index is 0.106. The van der Waals surface area contributed by atoms with E-state index in [2.05, 4.69) is 36.1 Å². The summed E-state index contributed by atoms with van der Waals surface area (Å²) in [6.07, 6.45) is 0. The molecular formula is C21H23NO2S3. The standard InChI is InChI=1S/C21H23NO2S3/c1-3-22(10-11-23)13-17-12-16(8-9-18(17)24)19-20(26-27-21(19)25)15-6-4-14(2)5-7-15/h4-9,12,23-24H,3,10-11,13H2,1-2H3. The van der Waals surface area contributed by atoms with Gasteiger partial charge in [-0.25, -0.2) is 0 Å². The maximum atomic E-state index is 10.3. The Balaban J connectivity index is 2.02. The third-order valence-corrected chi connectivity index (χ3v) is 7.64. The summed E-state index contributed by atoms with van der Waals surface area (Å²) < 4.78 is 0.870. The van der Waals surface area contributed by atoms with E-state index in [0.717, 1.165) is 32.6 Å². The van der Waals surface area contributed by atoms with Gasteiger partial charge in [0.25, 0.3) is 0 Å². The average Bonchev–Trinajstić information content (AvgIpc) is 3.05. The van der Waals surface area contributed by atoms with E-state index in [1.165, 1.54) is 10.4 Å². The molecule has 27 heavy (non-hydrogen) atoms. The van der Waals surface area contributed by atoms with Crippen LogP contribution in [0.2, 0.25) is 0 Å². The van der Waals surface area contributed by atoms with Gasteiger partial charge in [-0.3, -0.25) is 4.90 Å². The van der Waals surface area contributed by atoms with Gasteiger partial charge >= 0.3 is 0 Å². The molecule has 0 atom stereocenters. The molecule has 0 saturated heterocycles. The van der Waals surface area contributed by atoms with E-state index in [1.54, 1.807) is 26.7 Å². The van der Waals surface area contributed by atoms with Crippen molar-refractivity contribution in [2.24, 2.45) is 0 Å². The predicted molar refractivity (Wildman–Crippen MR) is 118 cm³/mol. The van der Waals surface area contributed by atoms with Gasteiger partial charge in [0.05, 0.1) is 11.5 Å². The molecule has 3 nitrogen and oxygen atoms in total. The Morgan fingerprint density at radius 1 is 1.04 bits per heavy atom. The van der Waals surface area contributed by atoms with E-state index >= 15 is 0 Å². The fourth-order valence-corrected chi connectivity index (χ4v) is 5.92. The van der Waals surface area contributed by atoms with Crippen molar-refractivity contribution in [3.8, 4) is 27.3 Å². The van der Waals surface area contributed by atoms with Crippen LogP contribution in [0.25, 0.3) is 21.6 Å². The van der Waals surface area contributed by atoms with Crippen LogP contribution in [-0.2, 0) is 6.54 Å². The maximum Gasteiger partial charge on any atom is 0.120 e. The first kappa shape index (κ1) is 20.2. The minimum atomic E-state index is 0.106. The number of aliphatic hydroxyl groups excluding tert-OH is 1. The Labute approximate surface area is 172 Å². The van der Waals surface area contributed by atoms with Crippen molar-refractivity contribution in [3.05, 3.63) is 57.4 Å². The van der Waals surface area contributed by atoms with Gasteiger partial charge in [0.15, 0.2) is 0 Å². The number of aryl methyl sites for hydroxylation is 1. The van der Waals surface area contributed by atoms with E-state index in [0.29, 0.717) is 13.1 Å². The summed E-state index contributed by atoms with van der Waals surface area (Å²) in [5.74, 6) is 0.275. The van der Waals surface area contributed by atoms with Crippen molar-refractivity contribution in [2.45, 2.75) is 20.4 Å². The summed E-state index contributed by atoms with van der Waals surface area (Å²) in [6, 6.07) is 14.2. The van der Waals surface area contributed by atoms with Gasteiger partial charge in [0, 0.05) is 24.2 Å². The molecule has 0 fully saturated rings. The molecule has 1 heterocycles.